The number of para-hydroxylation sites is 1. The van der Waals surface area contributed by atoms with Gasteiger partial charge in [-0.2, -0.15) is 5.26 Å². The molecule has 0 spiro atoms. The highest BCUT2D eigenvalue weighted by Crippen LogP contribution is 2.42. The van der Waals surface area contributed by atoms with Crippen LogP contribution in [0, 0.1) is 11.3 Å². The second-order valence-electron chi connectivity index (χ2n) is 5.36. The zero-order valence-corrected chi connectivity index (χ0v) is 14.3. The van der Waals surface area contributed by atoms with Gasteiger partial charge in [0.1, 0.15) is 29.8 Å². The molecule has 6 nitrogen and oxygen atoms in total. The van der Waals surface area contributed by atoms with Crippen molar-refractivity contribution in [2.75, 3.05) is 13.2 Å². The van der Waals surface area contributed by atoms with Gasteiger partial charge in [-0.25, -0.2) is 13.6 Å². The van der Waals surface area contributed by atoms with E-state index in [1.54, 1.807) is 25.1 Å². The first-order valence-corrected chi connectivity index (χ1v) is 7.86. The Morgan fingerprint density at radius 1 is 1.42 bits per heavy atom. The van der Waals surface area contributed by atoms with Crippen LogP contribution in [0.3, 0.4) is 0 Å². The van der Waals surface area contributed by atoms with Crippen LogP contribution in [0.25, 0.3) is 0 Å². The average molecular weight is 364 g/mol. The lowest BCUT2D eigenvalue weighted by Gasteiger charge is -2.28. The molecule has 1 aliphatic rings. The Kier molecular flexibility index (Phi) is 6.17. The van der Waals surface area contributed by atoms with Crippen molar-refractivity contribution in [1.29, 1.82) is 5.26 Å². The van der Waals surface area contributed by atoms with Crippen LogP contribution in [0.5, 0.6) is 5.75 Å². The summed E-state index contributed by atoms with van der Waals surface area (Å²) in [5.41, 5.74) is 6.20. The summed E-state index contributed by atoms with van der Waals surface area (Å²) in [6.07, 6.45) is -2.67. The molecule has 8 heteroatoms. The molecule has 0 saturated heterocycles. The zero-order chi connectivity index (χ0) is 19.3. The number of nitriles is 1. The predicted octanol–water partition coefficient (Wildman–Crippen LogP) is 2.98. The van der Waals surface area contributed by atoms with Crippen LogP contribution < -0.4 is 10.5 Å². The zero-order valence-electron chi connectivity index (χ0n) is 14.3. The first-order chi connectivity index (χ1) is 12.4. The van der Waals surface area contributed by atoms with Gasteiger partial charge in [-0.05, 0) is 19.9 Å². The number of hydrogen-bond acceptors (Lipinski definition) is 6. The summed E-state index contributed by atoms with van der Waals surface area (Å²) in [5, 5.41) is 9.51. The molecule has 1 heterocycles. The van der Waals surface area contributed by atoms with Crippen molar-refractivity contribution in [3.05, 3.63) is 52.6 Å². The Morgan fingerprint density at radius 2 is 2.12 bits per heavy atom. The topological polar surface area (TPSA) is 94.6 Å². The number of rotatable bonds is 6. The van der Waals surface area contributed by atoms with Gasteiger partial charge in [0.05, 0.1) is 18.1 Å². The van der Waals surface area contributed by atoms with E-state index in [1.807, 2.05) is 6.07 Å². The number of hydrogen-bond donors (Lipinski definition) is 1. The van der Waals surface area contributed by atoms with Gasteiger partial charge in [0.15, 0.2) is 0 Å². The molecule has 0 saturated carbocycles. The fourth-order valence-corrected chi connectivity index (χ4v) is 2.67. The highest BCUT2D eigenvalue weighted by molar-refractivity contribution is 5.92. The lowest BCUT2D eigenvalue weighted by atomic mass is 9.82. The Bertz CT molecular complexity index is 797. The van der Waals surface area contributed by atoms with Crippen molar-refractivity contribution < 1.29 is 27.8 Å². The van der Waals surface area contributed by atoms with E-state index in [4.69, 9.17) is 19.9 Å². The molecule has 0 amide bonds. The summed E-state index contributed by atoms with van der Waals surface area (Å²) in [5.74, 6) is -1.49. The van der Waals surface area contributed by atoms with Crippen molar-refractivity contribution in [3.8, 4) is 11.8 Å². The van der Waals surface area contributed by atoms with Crippen LogP contribution >= 0.6 is 0 Å². The van der Waals surface area contributed by atoms with Gasteiger partial charge in [0.25, 0.3) is 6.43 Å². The van der Waals surface area contributed by atoms with E-state index in [0.29, 0.717) is 5.56 Å². The van der Waals surface area contributed by atoms with Gasteiger partial charge < -0.3 is 19.9 Å². The van der Waals surface area contributed by atoms with E-state index in [-0.39, 0.29) is 35.1 Å². The molecule has 26 heavy (non-hydrogen) atoms. The molecular formula is C18H18F2N2O4. The molecule has 1 unspecified atom stereocenters. The Morgan fingerprint density at radius 3 is 2.73 bits per heavy atom. The molecule has 2 rings (SSSR count). The fourth-order valence-electron chi connectivity index (χ4n) is 2.67. The maximum atomic E-state index is 12.6. The van der Waals surface area contributed by atoms with E-state index >= 15 is 0 Å². The summed E-state index contributed by atoms with van der Waals surface area (Å²) in [4.78, 5) is 12.4. The molecule has 1 aliphatic heterocycles. The predicted molar refractivity (Wildman–Crippen MR) is 87.9 cm³/mol. The number of nitrogens with zero attached hydrogens (tertiary/aromatic N) is 1. The van der Waals surface area contributed by atoms with E-state index in [9.17, 15) is 18.8 Å². The average Bonchev–Trinajstić information content (AvgIpc) is 2.59. The molecule has 0 bridgehead atoms. The van der Waals surface area contributed by atoms with E-state index in [0.717, 1.165) is 0 Å². The minimum atomic E-state index is -2.67. The molecule has 0 aromatic heterocycles. The number of halogens is 2. The van der Waals surface area contributed by atoms with Gasteiger partial charge in [-0.15, -0.1) is 0 Å². The SMILES string of the molecule is CCOC(=O)C1=C(C)OC(N)=C(C#N)C1c1ccccc1OCC(F)F. The van der Waals surface area contributed by atoms with Crippen molar-refractivity contribution in [1.82, 2.24) is 0 Å². The van der Waals surface area contributed by atoms with Crippen LogP contribution in [-0.2, 0) is 14.3 Å². The molecular weight excluding hydrogens is 346 g/mol. The van der Waals surface area contributed by atoms with Crippen LogP contribution in [0.4, 0.5) is 8.78 Å². The standard InChI is InChI=1S/C18H18F2N2O4/c1-3-24-18(23)15-10(2)26-17(22)12(8-21)16(15)11-6-4-5-7-13(11)25-9-14(19)20/h4-7,14,16H,3,9,22H2,1-2H3. The van der Waals surface area contributed by atoms with E-state index in [1.165, 1.54) is 13.0 Å². The van der Waals surface area contributed by atoms with Gasteiger partial charge >= 0.3 is 5.97 Å². The quantitative estimate of drug-likeness (QED) is 0.780. The molecule has 0 fully saturated rings. The molecule has 1 atom stereocenters. The number of allylic oxidation sites excluding steroid dienone is 2. The third-order valence-electron chi connectivity index (χ3n) is 3.70. The molecule has 2 N–H and O–H groups in total. The minimum absolute atomic E-state index is 0.0215. The first-order valence-electron chi connectivity index (χ1n) is 7.86. The maximum absolute atomic E-state index is 12.6. The number of carbonyl (C=O) groups is 1. The van der Waals surface area contributed by atoms with Gasteiger partial charge in [-0.3, -0.25) is 0 Å². The summed E-state index contributed by atoms with van der Waals surface area (Å²) in [6, 6.07) is 8.23. The van der Waals surface area contributed by atoms with Crippen LogP contribution in [0.2, 0.25) is 0 Å². The first kappa shape index (κ1) is 19.2. The normalized spacial score (nSPS) is 17.0. The summed E-state index contributed by atoms with van der Waals surface area (Å²) >= 11 is 0. The van der Waals surface area contributed by atoms with E-state index in [2.05, 4.69) is 0 Å². The van der Waals surface area contributed by atoms with Gasteiger partial charge in [0.2, 0.25) is 5.88 Å². The number of benzene rings is 1. The highest BCUT2D eigenvalue weighted by Gasteiger charge is 2.37. The third-order valence-corrected chi connectivity index (χ3v) is 3.70. The largest absolute Gasteiger partial charge is 0.487 e. The smallest absolute Gasteiger partial charge is 0.338 e. The third kappa shape index (κ3) is 3.94. The fraction of sp³-hybridized carbons (Fsp3) is 0.333. The molecule has 0 radical (unpaired) electrons. The molecule has 1 aromatic rings. The highest BCUT2D eigenvalue weighted by atomic mass is 19.3. The minimum Gasteiger partial charge on any atom is -0.487 e. The molecule has 1 aromatic carbocycles. The number of esters is 1. The summed E-state index contributed by atoms with van der Waals surface area (Å²) in [6.45, 7) is 2.45. The second kappa shape index (κ2) is 8.34. The second-order valence-corrected chi connectivity index (χ2v) is 5.36. The molecule has 138 valence electrons. The Labute approximate surface area is 149 Å². The number of ether oxygens (including phenoxy) is 3. The van der Waals surface area contributed by atoms with Crippen LogP contribution in [-0.4, -0.2) is 25.6 Å². The lowest BCUT2D eigenvalue weighted by Crippen LogP contribution is -2.26. The lowest BCUT2D eigenvalue weighted by molar-refractivity contribution is -0.139. The molecule has 0 aliphatic carbocycles. The van der Waals surface area contributed by atoms with E-state index < -0.39 is 24.9 Å². The van der Waals surface area contributed by atoms with Crippen molar-refractivity contribution in [2.24, 2.45) is 5.73 Å². The van der Waals surface area contributed by atoms with Crippen molar-refractivity contribution >= 4 is 5.97 Å². The maximum Gasteiger partial charge on any atom is 0.338 e. The number of alkyl halides is 2. The summed E-state index contributed by atoms with van der Waals surface area (Å²) < 4.78 is 40.6. The van der Waals surface area contributed by atoms with Crippen LogP contribution in [0.1, 0.15) is 25.3 Å². The van der Waals surface area contributed by atoms with Crippen molar-refractivity contribution in [2.45, 2.75) is 26.2 Å². The number of nitrogens with two attached hydrogens (primary N) is 1. The Hall–Kier alpha value is -3.08. The van der Waals surface area contributed by atoms with Crippen molar-refractivity contribution in [3.63, 3.8) is 0 Å². The number of carbonyl (C=O) groups excluding carboxylic acids is 1. The monoisotopic (exact) mass is 364 g/mol. The summed E-state index contributed by atoms with van der Waals surface area (Å²) in [7, 11) is 0. The van der Waals surface area contributed by atoms with Crippen LogP contribution in [0.15, 0.2) is 47.1 Å². The van der Waals surface area contributed by atoms with Gasteiger partial charge in [-0.1, -0.05) is 18.2 Å². The Balaban J connectivity index is 2.59. The van der Waals surface area contributed by atoms with Gasteiger partial charge in [0, 0.05) is 5.56 Å².